The number of hydrogen-bond donors (Lipinski definition) is 1. The van der Waals surface area contributed by atoms with Crippen LogP contribution in [0.1, 0.15) is 32.0 Å². The van der Waals surface area contributed by atoms with E-state index in [0.717, 1.165) is 23.8 Å². The minimum atomic E-state index is 0.332. The molecule has 0 aliphatic heterocycles. The SMILES string of the molecule is CCc1nsc(NC2CCCC2OC)n1. The summed E-state index contributed by atoms with van der Waals surface area (Å²) in [5.41, 5.74) is 0. The minimum absolute atomic E-state index is 0.332. The molecule has 84 valence electrons. The molecule has 5 heteroatoms. The molecule has 0 amide bonds. The van der Waals surface area contributed by atoms with Gasteiger partial charge < -0.3 is 10.1 Å². The Labute approximate surface area is 94.2 Å². The van der Waals surface area contributed by atoms with Crippen molar-refractivity contribution in [2.45, 2.75) is 44.8 Å². The number of nitrogens with zero attached hydrogens (tertiary/aromatic N) is 2. The highest BCUT2D eigenvalue weighted by atomic mass is 32.1. The van der Waals surface area contributed by atoms with Crippen molar-refractivity contribution in [2.24, 2.45) is 0 Å². The summed E-state index contributed by atoms with van der Waals surface area (Å²) in [6.45, 7) is 2.07. The first kappa shape index (κ1) is 10.8. The summed E-state index contributed by atoms with van der Waals surface area (Å²) in [5, 5.41) is 4.35. The van der Waals surface area contributed by atoms with Crippen LogP contribution in [0.15, 0.2) is 0 Å². The van der Waals surface area contributed by atoms with E-state index in [0.29, 0.717) is 12.1 Å². The van der Waals surface area contributed by atoms with Gasteiger partial charge in [0, 0.05) is 25.1 Å². The molecule has 1 aromatic heterocycles. The fraction of sp³-hybridized carbons (Fsp3) is 0.800. The molecular formula is C10H17N3OS. The smallest absolute Gasteiger partial charge is 0.202 e. The van der Waals surface area contributed by atoms with Gasteiger partial charge in [-0.2, -0.15) is 4.37 Å². The van der Waals surface area contributed by atoms with Crippen molar-refractivity contribution >= 4 is 16.7 Å². The first-order valence-corrected chi connectivity index (χ1v) is 6.22. The van der Waals surface area contributed by atoms with Gasteiger partial charge in [0.05, 0.1) is 12.1 Å². The van der Waals surface area contributed by atoms with Crippen molar-refractivity contribution < 1.29 is 4.74 Å². The molecular weight excluding hydrogens is 210 g/mol. The van der Waals surface area contributed by atoms with E-state index in [1.54, 1.807) is 7.11 Å². The number of anilines is 1. The van der Waals surface area contributed by atoms with Crippen LogP contribution in [0.4, 0.5) is 5.13 Å². The second-order valence-corrected chi connectivity index (χ2v) is 4.58. The van der Waals surface area contributed by atoms with Gasteiger partial charge in [-0.1, -0.05) is 6.92 Å². The quantitative estimate of drug-likeness (QED) is 0.855. The summed E-state index contributed by atoms with van der Waals surface area (Å²) >= 11 is 1.45. The van der Waals surface area contributed by atoms with Crippen LogP contribution in [0, 0.1) is 0 Å². The largest absolute Gasteiger partial charge is 0.379 e. The molecule has 0 spiro atoms. The number of hydrogen-bond acceptors (Lipinski definition) is 5. The third kappa shape index (κ3) is 2.46. The highest BCUT2D eigenvalue weighted by Crippen LogP contribution is 2.25. The van der Waals surface area contributed by atoms with Crippen molar-refractivity contribution in [3.05, 3.63) is 5.82 Å². The van der Waals surface area contributed by atoms with Gasteiger partial charge in [0.25, 0.3) is 0 Å². The number of nitrogens with one attached hydrogen (secondary N) is 1. The summed E-state index contributed by atoms with van der Waals surface area (Å²) in [6, 6.07) is 0.410. The van der Waals surface area contributed by atoms with E-state index < -0.39 is 0 Å². The molecule has 1 heterocycles. The van der Waals surface area contributed by atoms with Gasteiger partial charge in [-0.25, -0.2) is 4.98 Å². The molecule has 0 saturated heterocycles. The van der Waals surface area contributed by atoms with Crippen LogP contribution in [0.3, 0.4) is 0 Å². The number of rotatable bonds is 4. The zero-order valence-corrected chi connectivity index (χ0v) is 10.0. The van der Waals surface area contributed by atoms with Crippen molar-refractivity contribution in [2.75, 3.05) is 12.4 Å². The molecule has 4 nitrogen and oxygen atoms in total. The maximum atomic E-state index is 5.42. The lowest BCUT2D eigenvalue weighted by molar-refractivity contribution is 0.101. The van der Waals surface area contributed by atoms with Gasteiger partial charge in [-0.15, -0.1) is 0 Å². The maximum Gasteiger partial charge on any atom is 0.202 e. The van der Waals surface area contributed by atoms with E-state index in [-0.39, 0.29) is 0 Å². The predicted octanol–water partition coefficient (Wildman–Crippen LogP) is 2.08. The Morgan fingerprint density at radius 2 is 2.40 bits per heavy atom. The Balaban J connectivity index is 1.95. The number of ether oxygens (including phenoxy) is 1. The van der Waals surface area contributed by atoms with Gasteiger partial charge in [0.15, 0.2) is 0 Å². The van der Waals surface area contributed by atoms with Gasteiger partial charge >= 0.3 is 0 Å². The number of aryl methyl sites for hydroxylation is 1. The zero-order valence-electron chi connectivity index (χ0n) is 9.19. The second kappa shape index (κ2) is 4.90. The van der Waals surface area contributed by atoms with E-state index >= 15 is 0 Å². The van der Waals surface area contributed by atoms with Gasteiger partial charge in [0.2, 0.25) is 5.13 Å². The van der Waals surface area contributed by atoms with Crippen LogP contribution in [-0.2, 0) is 11.2 Å². The van der Waals surface area contributed by atoms with E-state index in [1.807, 2.05) is 0 Å². The lowest BCUT2D eigenvalue weighted by Crippen LogP contribution is -2.29. The normalized spacial score (nSPS) is 25.7. The topological polar surface area (TPSA) is 47.0 Å². The van der Waals surface area contributed by atoms with Crippen LogP contribution in [0.25, 0.3) is 0 Å². The molecule has 1 aliphatic carbocycles. The first-order valence-electron chi connectivity index (χ1n) is 5.45. The fourth-order valence-corrected chi connectivity index (χ4v) is 2.70. The van der Waals surface area contributed by atoms with Crippen molar-refractivity contribution in [1.29, 1.82) is 0 Å². The monoisotopic (exact) mass is 227 g/mol. The summed E-state index contributed by atoms with van der Waals surface area (Å²) in [5.74, 6) is 0.925. The molecule has 0 aromatic carbocycles. The van der Waals surface area contributed by atoms with E-state index in [1.165, 1.54) is 24.4 Å². The van der Waals surface area contributed by atoms with E-state index in [4.69, 9.17) is 4.74 Å². The maximum absolute atomic E-state index is 5.42. The standard InChI is InChI=1S/C10H17N3OS/c1-3-9-12-10(15-13-9)11-7-5-4-6-8(7)14-2/h7-8H,3-6H2,1-2H3,(H,11,12,13). The van der Waals surface area contributed by atoms with Crippen LogP contribution in [-0.4, -0.2) is 28.6 Å². The van der Waals surface area contributed by atoms with Gasteiger partial charge in [0.1, 0.15) is 5.82 Å². The summed E-state index contributed by atoms with van der Waals surface area (Å²) in [7, 11) is 1.78. The first-order chi connectivity index (χ1) is 7.33. The molecule has 0 radical (unpaired) electrons. The summed E-state index contributed by atoms with van der Waals surface area (Å²) < 4.78 is 9.68. The molecule has 0 bridgehead atoms. The summed E-state index contributed by atoms with van der Waals surface area (Å²) in [6.07, 6.45) is 4.78. The third-order valence-electron chi connectivity index (χ3n) is 2.85. The van der Waals surface area contributed by atoms with Gasteiger partial charge in [-0.3, -0.25) is 0 Å². The van der Waals surface area contributed by atoms with Crippen molar-refractivity contribution in [3.8, 4) is 0 Å². The molecule has 1 fully saturated rings. The molecule has 15 heavy (non-hydrogen) atoms. The Morgan fingerprint density at radius 1 is 1.53 bits per heavy atom. The van der Waals surface area contributed by atoms with Crippen molar-refractivity contribution in [3.63, 3.8) is 0 Å². The summed E-state index contributed by atoms with van der Waals surface area (Å²) in [4.78, 5) is 4.40. The average molecular weight is 227 g/mol. The minimum Gasteiger partial charge on any atom is -0.379 e. The van der Waals surface area contributed by atoms with E-state index in [9.17, 15) is 0 Å². The van der Waals surface area contributed by atoms with E-state index in [2.05, 4.69) is 21.6 Å². The highest BCUT2D eigenvalue weighted by molar-refractivity contribution is 7.09. The second-order valence-electron chi connectivity index (χ2n) is 3.83. The molecule has 2 unspecified atom stereocenters. The van der Waals surface area contributed by atoms with Crippen LogP contribution in [0.2, 0.25) is 0 Å². The Morgan fingerprint density at radius 3 is 3.07 bits per heavy atom. The van der Waals surface area contributed by atoms with Crippen molar-refractivity contribution in [1.82, 2.24) is 9.36 Å². The lowest BCUT2D eigenvalue weighted by atomic mass is 10.2. The number of aromatic nitrogens is 2. The predicted molar refractivity (Wildman–Crippen MR) is 61.3 cm³/mol. The van der Waals surface area contributed by atoms with Gasteiger partial charge in [-0.05, 0) is 19.3 Å². The zero-order chi connectivity index (χ0) is 10.7. The number of methoxy groups -OCH3 is 1. The van der Waals surface area contributed by atoms with Crippen LogP contribution >= 0.6 is 11.5 Å². The molecule has 2 rings (SSSR count). The molecule has 1 aliphatic rings. The average Bonchev–Trinajstić information content (AvgIpc) is 2.87. The molecule has 1 aromatic rings. The molecule has 2 atom stereocenters. The highest BCUT2D eigenvalue weighted by Gasteiger charge is 2.27. The molecule has 1 saturated carbocycles. The fourth-order valence-electron chi connectivity index (χ4n) is 1.99. The Kier molecular flexibility index (Phi) is 3.53. The van der Waals surface area contributed by atoms with Crippen LogP contribution < -0.4 is 5.32 Å². The Hall–Kier alpha value is -0.680. The third-order valence-corrected chi connectivity index (χ3v) is 3.53. The lowest BCUT2D eigenvalue weighted by Gasteiger charge is -2.18. The van der Waals surface area contributed by atoms with Crippen LogP contribution in [0.5, 0.6) is 0 Å². The molecule has 1 N–H and O–H groups in total. The Bertz CT molecular complexity index is 315.